The summed E-state index contributed by atoms with van der Waals surface area (Å²) in [6, 6.07) is 18.0. The van der Waals surface area contributed by atoms with Crippen molar-refractivity contribution in [2.45, 2.75) is 32.4 Å². The molecule has 0 aromatic heterocycles. The van der Waals surface area contributed by atoms with Gasteiger partial charge in [-0.2, -0.15) is 0 Å². The first kappa shape index (κ1) is 21.4. The summed E-state index contributed by atoms with van der Waals surface area (Å²) >= 11 is 0. The number of carbonyl (C=O) groups excluding carboxylic acids is 2. The van der Waals surface area contributed by atoms with Crippen LogP contribution in [-0.2, 0) is 16.9 Å². The lowest BCUT2D eigenvalue weighted by atomic mass is 9.88. The van der Waals surface area contributed by atoms with Gasteiger partial charge in [0.2, 0.25) is 0 Å². The summed E-state index contributed by atoms with van der Waals surface area (Å²) in [5, 5.41) is 22.3. The number of nitro benzene ring substituents is 1. The number of aliphatic hydroxyl groups is 1. The number of benzene rings is 3. The number of para-hydroxylation sites is 1. The highest BCUT2D eigenvalue weighted by atomic mass is 16.6. The summed E-state index contributed by atoms with van der Waals surface area (Å²) < 4.78 is 0. The molecule has 1 N–H and O–H groups in total. The third-order valence-corrected chi connectivity index (χ3v) is 5.89. The minimum Gasteiger partial charge on any atom is -0.375 e. The summed E-state index contributed by atoms with van der Waals surface area (Å²) in [6.45, 7) is 4.21. The molecule has 7 nitrogen and oxygen atoms in total. The summed E-state index contributed by atoms with van der Waals surface area (Å²) in [5.41, 5.74) is 2.05. The molecule has 32 heavy (non-hydrogen) atoms. The van der Waals surface area contributed by atoms with Gasteiger partial charge in [-0.15, -0.1) is 0 Å². The van der Waals surface area contributed by atoms with Crippen molar-refractivity contribution >= 4 is 23.1 Å². The number of anilines is 1. The van der Waals surface area contributed by atoms with E-state index in [-0.39, 0.29) is 17.8 Å². The van der Waals surface area contributed by atoms with Gasteiger partial charge in [0.1, 0.15) is 0 Å². The van der Waals surface area contributed by atoms with Crippen molar-refractivity contribution in [3.05, 3.63) is 105 Å². The molecule has 1 atom stereocenters. The lowest BCUT2D eigenvalue weighted by Gasteiger charge is -2.23. The predicted octanol–water partition coefficient (Wildman–Crippen LogP) is 4.22. The number of carbonyl (C=O) groups is 2. The van der Waals surface area contributed by atoms with E-state index in [1.165, 1.54) is 29.2 Å². The fraction of sp³-hybridized carbons (Fsp3) is 0.200. The highest BCUT2D eigenvalue weighted by Gasteiger charge is 2.50. The number of amides is 1. The topological polar surface area (TPSA) is 101 Å². The highest BCUT2D eigenvalue weighted by Crippen LogP contribution is 2.43. The summed E-state index contributed by atoms with van der Waals surface area (Å²) in [7, 11) is 0. The first-order chi connectivity index (χ1) is 15.2. The number of nitro groups is 1. The molecule has 0 aliphatic carbocycles. The van der Waals surface area contributed by atoms with Crippen molar-refractivity contribution < 1.29 is 19.6 Å². The van der Waals surface area contributed by atoms with E-state index in [9.17, 15) is 24.8 Å². The standard InChI is InChI=1S/C25H22N2O5/c1-16-7-8-17(2)19(13-16)15-26-22-6-4-3-5-21(22)25(30,24(26)29)14-23(28)18-9-11-20(12-10-18)27(31)32/h3-13,30H,14-15H2,1-2H3/t25-/m1/s1. The number of fused-ring (bicyclic) bond motifs is 1. The predicted molar refractivity (Wildman–Crippen MR) is 119 cm³/mol. The van der Waals surface area contributed by atoms with Crippen LogP contribution in [0.2, 0.25) is 0 Å². The Morgan fingerprint density at radius 2 is 1.75 bits per heavy atom. The van der Waals surface area contributed by atoms with Crippen LogP contribution in [0, 0.1) is 24.0 Å². The molecule has 7 heteroatoms. The van der Waals surface area contributed by atoms with Crippen molar-refractivity contribution in [3.63, 3.8) is 0 Å². The summed E-state index contributed by atoms with van der Waals surface area (Å²) in [4.78, 5) is 38.2. The molecule has 0 unspecified atom stereocenters. The third-order valence-electron chi connectivity index (χ3n) is 5.89. The van der Waals surface area contributed by atoms with Gasteiger partial charge in [-0.25, -0.2) is 0 Å². The van der Waals surface area contributed by atoms with E-state index in [0.717, 1.165) is 16.7 Å². The van der Waals surface area contributed by atoms with Crippen molar-refractivity contribution in [3.8, 4) is 0 Å². The Morgan fingerprint density at radius 1 is 1.06 bits per heavy atom. The number of non-ortho nitro benzene ring substituents is 1. The third kappa shape index (κ3) is 3.67. The van der Waals surface area contributed by atoms with E-state index in [1.807, 2.05) is 32.0 Å². The normalized spacial score (nSPS) is 17.3. The van der Waals surface area contributed by atoms with Gasteiger partial charge in [0.25, 0.3) is 11.6 Å². The molecule has 3 aromatic rings. The maximum Gasteiger partial charge on any atom is 0.269 e. The van der Waals surface area contributed by atoms with Gasteiger partial charge in [0, 0.05) is 23.3 Å². The van der Waals surface area contributed by atoms with Gasteiger partial charge in [0.05, 0.1) is 23.6 Å². The fourth-order valence-corrected chi connectivity index (χ4v) is 4.08. The van der Waals surface area contributed by atoms with Crippen LogP contribution in [0.4, 0.5) is 11.4 Å². The zero-order valence-corrected chi connectivity index (χ0v) is 17.7. The highest BCUT2D eigenvalue weighted by molar-refractivity contribution is 6.10. The Morgan fingerprint density at radius 3 is 2.44 bits per heavy atom. The van der Waals surface area contributed by atoms with Gasteiger partial charge >= 0.3 is 0 Å². The van der Waals surface area contributed by atoms with E-state index in [1.54, 1.807) is 24.3 Å². The van der Waals surface area contributed by atoms with Crippen LogP contribution in [0.5, 0.6) is 0 Å². The molecule has 0 fully saturated rings. The van der Waals surface area contributed by atoms with Gasteiger partial charge in [0.15, 0.2) is 11.4 Å². The zero-order chi connectivity index (χ0) is 23.0. The number of nitrogens with zero attached hydrogens (tertiary/aromatic N) is 2. The van der Waals surface area contributed by atoms with Crippen LogP contribution in [-0.4, -0.2) is 21.7 Å². The maximum atomic E-state index is 13.4. The zero-order valence-electron chi connectivity index (χ0n) is 17.7. The monoisotopic (exact) mass is 430 g/mol. The number of hydrogen-bond acceptors (Lipinski definition) is 5. The van der Waals surface area contributed by atoms with Crippen molar-refractivity contribution in [2.24, 2.45) is 0 Å². The maximum absolute atomic E-state index is 13.4. The van der Waals surface area contributed by atoms with Crippen molar-refractivity contribution in [1.29, 1.82) is 0 Å². The minimum atomic E-state index is -2.01. The van der Waals surface area contributed by atoms with Crippen LogP contribution in [0.25, 0.3) is 0 Å². The lowest BCUT2D eigenvalue weighted by Crippen LogP contribution is -2.41. The quantitative estimate of drug-likeness (QED) is 0.358. The first-order valence-corrected chi connectivity index (χ1v) is 10.2. The molecule has 1 aliphatic rings. The summed E-state index contributed by atoms with van der Waals surface area (Å²) in [6.07, 6.45) is -0.454. The molecule has 0 radical (unpaired) electrons. The number of ketones is 1. The first-order valence-electron chi connectivity index (χ1n) is 10.2. The molecule has 0 saturated heterocycles. The Labute approximate surface area is 185 Å². The van der Waals surface area contributed by atoms with E-state index < -0.39 is 28.6 Å². The second kappa shape index (κ2) is 8.01. The van der Waals surface area contributed by atoms with E-state index in [2.05, 4.69) is 0 Å². The van der Waals surface area contributed by atoms with Crippen LogP contribution in [0.1, 0.15) is 39.0 Å². The van der Waals surface area contributed by atoms with Gasteiger partial charge in [-0.05, 0) is 43.2 Å². The Balaban J connectivity index is 1.66. The van der Waals surface area contributed by atoms with Crippen molar-refractivity contribution in [1.82, 2.24) is 0 Å². The molecular weight excluding hydrogens is 408 g/mol. The number of aryl methyl sites for hydroxylation is 2. The van der Waals surface area contributed by atoms with Gasteiger partial charge in [-0.3, -0.25) is 19.7 Å². The molecule has 1 amide bonds. The largest absolute Gasteiger partial charge is 0.375 e. The second-order valence-electron chi connectivity index (χ2n) is 8.10. The van der Waals surface area contributed by atoms with Crippen LogP contribution >= 0.6 is 0 Å². The van der Waals surface area contributed by atoms with Crippen LogP contribution < -0.4 is 4.90 Å². The molecule has 1 aliphatic heterocycles. The van der Waals surface area contributed by atoms with Crippen LogP contribution in [0.3, 0.4) is 0 Å². The van der Waals surface area contributed by atoms with Gasteiger partial charge in [-0.1, -0.05) is 42.0 Å². The Kier molecular flexibility index (Phi) is 5.36. The molecule has 0 bridgehead atoms. The molecule has 4 rings (SSSR count). The molecule has 162 valence electrons. The average molecular weight is 430 g/mol. The van der Waals surface area contributed by atoms with Gasteiger partial charge < -0.3 is 10.0 Å². The molecule has 0 spiro atoms. The number of rotatable bonds is 6. The fourth-order valence-electron chi connectivity index (χ4n) is 4.08. The van der Waals surface area contributed by atoms with Crippen molar-refractivity contribution in [2.75, 3.05) is 4.90 Å². The van der Waals surface area contributed by atoms with E-state index in [0.29, 0.717) is 11.3 Å². The molecule has 1 heterocycles. The molecule has 0 saturated carbocycles. The lowest BCUT2D eigenvalue weighted by molar-refractivity contribution is -0.384. The molecular formula is C25H22N2O5. The van der Waals surface area contributed by atoms with E-state index in [4.69, 9.17) is 0 Å². The SMILES string of the molecule is Cc1ccc(C)c(CN2C(=O)[C@@](O)(CC(=O)c3ccc([N+](=O)[O-])cc3)c3ccccc32)c1. The minimum absolute atomic E-state index is 0.137. The molecule has 3 aromatic carbocycles. The Bertz CT molecular complexity index is 1240. The summed E-state index contributed by atoms with van der Waals surface area (Å²) in [5.74, 6) is -1.03. The van der Waals surface area contributed by atoms with Crippen LogP contribution in [0.15, 0.2) is 66.7 Å². The number of Topliss-reactive ketones (excluding diaryl/α,β-unsaturated/α-hetero) is 1. The smallest absolute Gasteiger partial charge is 0.269 e. The average Bonchev–Trinajstić information content (AvgIpc) is 2.98. The van der Waals surface area contributed by atoms with E-state index >= 15 is 0 Å². The number of hydrogen-bond donors (Lipinski definition) is 1. The second-order valence-corrected chi connectivity index (χ2v) is 8.10. The Hall–Kier alpha value is -3.84.